The van der Waals surface area contributed by atoms with E-state index < -0.39 is 0 Å². The van der Waals surface area contributed by atoms with Gasteiger partial charge in [0.15, 0.2) is 5.01 Å². The number of aryl methyl sites for hydroxylation is 2. The van der Waals surface area contributed by atoms with Crippen LogP contribution < -0.4 is 0 Å². The van der Waals surface area contributed by atoms with Gasteiger partial charge in [-0.2, -0.15) is 14.7 Å². The molecular formula is C14H14N8S. The zero-order valence-electron chi connectivity index (χ0n) is 12.9. The van der Waals surface area contributed by atoms with Crippen molar-refractivity contribution in [3.63, 3.8) is 0 Å². The van der Waals surface area contributed by atoms with Crippen LogP contribution in [0.25, 0.3) is 27.1 Å². The van der Waals surface area contributed by atoms with Gasteiger partial charge in [-0.15, -0.1) is 10.2 Å². The van der Waals surface area contributed by atoms with E-state index in [0.717, 1.165) is 33.5 Å². The van der Waals surface area contributed by atoms with Crippen LogP contribution in [0.5, 0.6) is 0 Å². The standard InChI is InChI=1S/C14H14N8S/c1-4-21-9(3)11(8(2)19-21)13-20-22-12(17-18-14(22)23-13)10-7-15-5-6-16-10/h5-7H,4H2,1-3H3. The van der Waals surface area contributed by atoms with Crippen molar-refractivity contribution in [3.8, 4) is 22.1 Å². The maximum Gasteiger partial charge on any atom is 0.235 e. The van der Waals surface area contributed by atoms with Crippen molar-refractivity contribution in [3.05, 3.63) is 30.0 Å². The highest BCUT2D eigenvalue weighted by molar-refractivity contribution is 7.19. The number of aromatic nitrogens is 8. The second kappa shape index (κ2) is 5.20. The molecule has 23 heavy (non-hydrogen) atoms. The Hall–Kier alpha value is -2.68. The Morgan fingerprint density at radius 2 is 2.00 bits per heavy atom. The molecular weight excluding hydrogens is 312 g/mol. The quantitative estimate of drug-likeness (QED) is 0.573. The van der Waals surface area contributed by atoms with Crippen LogP contribution in [-0.2, 0) is 6.54 Å². The highest BCUT2D eigenvalue weighted by atomic mass is 32.1. The molecule has 0 N–H and O–H groups in total. The Morgan fingerprint density at radius 1 is 1.13 bits per heavy atom. The number of rotatable bonds is 3. The number of nitrogens with zero attached hydrogens (tertiary/aromatic N) is 8. The molecule has 4 rings (SSSR count). The first kappa shape index (κ1) is 13.9. The third-order valence-electron chi connectivity index (χ3n) is 3.68. The minimum atomic E-state index is 0.591. The Kier molecular flexibility index (Phi) is 3.15. The maximum atomic E-state index is 4.68. The van der Waals surface area contributed by atoms with E-state index in [1.807, 2.05) is 11.6 Å². The normalized spacial score (nSPS) is 11.4. The van der Waals surface area contributed by atoms with Crippen molar-refractivity contribution in [1.29, 1.82) is 0 Å². The Balaban J connectivity index is 1.88. The minimum absolute atomic E-state index is 0.591. The molecule has 0 unspecified atom stereocenters. The van der Waals surface area contributed by atoms with Gasteiger partial charge in [0.1, 0.15) is 5.69 Å². The SMILES string of the molecule is CCn1nc(C)c(-c2nn3c(-c4cnccn4)nnc3s2)c1C. The third-order valence-corrected chi connectivity index (χ3v) is 4.59. The second-order valence-electron chi connectivity index (χ2n) is 5.08. The molecule has 0 amide bonds. The second-order valence-corrected chi connectivity index (χ2v) is 6.03. The summed E-state index contributed by atoms with van der Waals surface area (Å²) < 4.78 is 3.70. The highest BCUT2D eigenvalue weighted by Gasteiger charge is 2.20. The van der Waals surface area contributed by atoms with E-state index in [1.165, 1.54) is 11.3 Å². The molecule has 0 aromatic carbocycles. The van der Waals surface area contributed by atoms with E-state index >= 15 is 0 Å². The van der Waals surface area contributed by atoms with Crippen LogP contribution in [-0.4, -0.2) is 39.6 Å². The molecule has 0 fully saturated rings. The first-order valence-electron chi connectivity index (χ1n) is 7.22. The van der Waals surface area contributed by atoms with Crippen molar-refractivity contribution < 1.29 is 0 Å². The van der Waals surface area contributed by atoms with E-state index in [1.54, 1.807) is 23.1 Å². The van der Waals surface area contributed by atoms with Crippen LogP contribution in [0.2, 0.25) is 0 Å². The van der Waals surface area contributed by atoms with Gasteiger partial charge in [0.2, 0.25) is 10.8 Å². The molecule has 4 heterocycles. The van der Waals surface area contributed by atoms with Crippen LogP contribution in [0.15, 0.2) is 18.6 Å². The molecule has 8 nitrogen and oxygen atoms in total. The van der Waals surface area contributed by atoms with Gasteiger partial charge < -0.3 is 0 Å². The van der Waals surface area contributed by atoms with Gasteiger partial charge in [-0.3, -0.25) is 9.67 Å². The monoisotopic (exact) mass is 326 g/mol. The predicted octanol–water partition coefficient (Wildman–Crippen LogP) is 2.14. The van der Waals surface area contributed by atoms with Crippen LogP contribution in [0, 0.1) is 13.8 Å². The fourth-order valence-electron chi connectivity index (χ4n) is 2.61. The Morgan fingerprint density at radius 3 is 2.70 bits per heavy atom. The fraction of sp³-hybridized carbons (Fsp3) is 0.286. The minimum Gasteiger partial charge on any atom is -0.269 e. The Bertz CT molecular complexity index is 981. The third kappa shape index (κ3) is 2.12. The molecule has 4 aromatic rings. The largest absolute Gasteiger partial charge is 0.269 e. The first-order valence-corrected chi connectivity index (χ1v) is 8.03. The summed E-state index contributed by atoms with van der Waals surface area (Å²) in [6, 6.07) is 0. The van der Waals surface area contributed by atoms with Gasteiger partial charge >= 0.3 is 0 Å². The van der Waals surface area contributed by atoms with Gasteiger partial charge in [-0.25, -0.2) is 4.98 Å². The van der Waals surface area contributed by atoms with Crippen LogP contribution in [0.1, 0.15) is 18.3 Å². The average molecular weight is 326 g/mol. The topological polar surface area (TPSA) is 86.7 Å². The summed E-state index contributed by atoms with van der Waals surface area (Å²) in [4.78, 5) is 9.07. The molecule has 9 heteroatoms. The molecule has 0 aliphatic rings. The van der Waals surface area contributed by atoms with E-state index in [-0.39, 0.29) is 0 Å². The lowest BCUT2D eigenvalue weighted by molar-refractivity contribution is 0.634. The van der Waals surface area contributed by atoms with E-state index in [2.05, 4.69) is 44.2 Å². The molecule has 0 radical (unpaired) electrons. The highest BCUT2D eigenvalue weighted by Crippen LogP contribution is 2.31. The van der Waals surface area contributed by atoms with Crippen LogP contribution in [0.4, 0.5) is 0 Å². The van der Waals surface area contributed by atoms with Crippen LogP contribution >= 0.6 is 11.3 Å². The average Bonchev–Trinajstić information content (AvgIpc) is 3.20. The van der Waals surface area contributed by atoms with Crippen molar-refractivity contribution in [1.82, 2.24) is 39.6 Å². The summed E-state index contributed by atoms with van der Waals surface area (Å²) >= 11 is 1.49. The van der Waals surface area contributed by atoms with E-state index in [9.17, 15) is 0 Å². The molecule has 0 saturated carbocycles. The van der Waals surface area contributed by atoms with Gasteiger partial charge in [-0.1, -0.05) is 11.3 Å². The summed E-state index contributed by atoms with van der Waals surface area (Å²) in [5, 5.41) is 18.5. The van der Waals surface area contributed by atoms with Gasteiger partial charge in [-0.05, 0) is 20.8 Å². The number of fused-ring (bicyclic) bond motifs is 1. The van der Waals surface area contributed by atoms with E-state index in [4.69, 9.17) is 0 Å². The number of hydrogen-bond donors (Lipinski definition) is 0. The van der Waals surface area contributed by atoms with Gasteiger partial charge in [0.25, 0.3) is 0 Å². The molecule has 0 saturated heterocycles. The number of hydrogen-bond acceptors (Lipinski definition) is 7. The summed E-state index contributed by atoms with van der Waals surface area (Å²) in [5.41, 5.74) is 3.79. The maximum absolute atomic E-state index is 4.68. The molecule has 116 valence electrons. The molecule has 0 aliphatic carbocycles. The zero-order valence-corrected chi connectivity index (χ0v) is 13.7. The molecule has 4 aromatic heterocycles. The summed E-state index contributed by atoms with van der Waals surface area (Å²) in [6.07, 6.45) is 4.91. The molecule has 0 spiro atoms. The molecule has 0 atom stereocenters. The van der Waals surface area contributed by atoms with Crippen molar-refractivity contribution in [2.24, 2.45) is 0 Å². The summed E-state index contributed by atoms with van der Waals surface area (Å²) in [6.45, 7) is 6.97. The fourth-order valence-corrected chi connectivity index (χ4v) is 3.59. The molecule has 0 aliphatic heterocycles. The van der Waals surface area contributed by atoms with E-state index in [0.29, 0.717) is 11.5 Å². The van der Waals surface area contributed by atoms with Crippen LogP contribution in [0.3, 0.4) is 0 Å². The zero-order chi connectivity index (χ0) is 16.0. The van der Waals surface area contributed by atoms with Gasteiger partial charge in [0, 0.05) is 24.6 Å². The van der Waals surface area contributed by atoms with Crippen molar-refractivity contribution in [2.45, 2.75) is 27.3 Å². The van der Waals surface area contributed by atoms with Crippen molar-refractivity contribution in [2.75, 3.05) is 0 Å². The lowest BCUT2D eigenvalue weighted by atomic mass is 10.2. The molecule has 0 bridgehead atoms. The smallest absolute Gasteiger partial charge is 0.235 e. The van der Waals surface area contributed by atoms with Crippen molar-refractivity contribution >= 4 is 16.3 Å². The first-order chi connectivity index (χ1) is 11.2. The lowest BCUT2D eigenvalue weighted by Crippen LogP contribution is -1.98. The Labute approximate surface area is 135 Å². The summed E-state index contributed by atoms with van der Waals surface area (Å²) in [5.74, 6) is 0.591. The van der Waals surface area contributed by atoms with Gasteiger partial charge in [0.05, 0.1) is 17.5 Å². The summed E-state index contributed by atoms with van der Waals surface area (Å²) in [7, 11) is 0. The lowest BCUT2D eigenvalue weighted by Gasteiger charge is -1.99. The predicted molar refractivity (Wildman–Crippen MR) is 86.1 cm³/mol.